The Morgan fingerprint density at radius 2 is 2.19 bits per heavy atom. The summed E-state index contributed by atoms with van der Waals surface area (Å²) in [4.78, 5) is 26.0. The number of amides is 3. The van der Waals surface area contributed by atoms with Gasteiger partial charge in [0.2, 0.25) is 5.91 Å². The largest absolute Gasteiger partial charge is 0.395 e. The van der Waals surface area contributed by atoms with Crippen molar-refractivity contribution in [1.82, 2.24) is 15.1 Å². The van der Waals surface area contributed by atoms with Crippen LogP contribution >= 0.6 is 0 Å². The molecular formula is C10H17N3O3. The molecule has 2 heterocycles. The van der Waals surface area contributed by atoms with Crippen LogP contribution in [0.4, 0.5) is 4.79 Å². The third-order valence-corrected chi connectivity index (χ3v) is 3.26. The molecule has 0 saturated carbocycles. The van der Waals surface area contributed by atoms with Crippen LogP contribution in [0.5, 0.6) is 0 Å². The summed E-state index contributed by atoms with van der Waals surface area (Å²) in [5.41, 5.74) is 0. The highest BCUT2D eigenvalue weighted by molar-refractivity contribution is 6.01. The summed E-state index contributed by atoms with van der Waals surface area (Å²) in [7, 11) is 0. The maximum absolute atomic E-state index is 11.3. The molecule has 2 aliphatic rings. The second-order valence-electron chi connectivity index (χ2n) is 4.22. The molecule has 6 nitrogen and oxygen atoms in total. The summed E-state index contributed by atoms with van der Waals surface area (Å²) < 4.78 is 0. The minimum absolute atomic E-state index is 0.113. The maximum Gasteiger partial charge on any atom is 0.324 e. The van der Waals surface area contributed by atoms with Crippen LogP contribution in [-0.2, 0) is 4.79 Å². The van der Waals surface area contributed by atoms with Gasteiger partial charge in [-0.15, -0.1) is 0 Å². The van der Waals surface area contributed by atoms with Crippen LogP contribution in [0.2, 0.25) is 0 Å². The molecule has 0 spiro atoms. The van der Waals surface area contributed by atoms with Gasteiger partial charge in [0.15, 0.2) is 0 Å². The minimum Gasteiger partial charge on any atom is -0.395 e. The minimum atomic E-state index is -0.301. The third kappa shape index (κ3) is 2.17. The first-order valence-electron chi connectivity index (χ1n) is 5.65. The van der Waals surface area contributed by atoms with E-state index in [4.69, 9.17) is 5.11 Å². The van der Waals surface area contributed by atoms with Crippen LogP contribution in [-0.4, -0.2) is 65.7 Å². The fraction of sp³-hybridized carbons (Fsp3) is 0.800. The molecule has 90 valence electrons. The van der Waals surface area contributed by atoms with Crippen LogP contribution in [0, 0.1) is 0 Å². The maximum atomic E-state index is 11.3. The summed E-state index contributed by atoms with van der Waals surface area (Å²) in [6.07, 6.45) is 2.07. The summed E-state index contributed by atoms with van der Waals surface area (Å²) in [5, 5.41) is 11.6. The van der Waals surface area contributed by atoms with E-state index < -0.39 is 0 Å². The van der Waals surface area contributed by atoms with Gasteiger partial charge in [0.05, 0.1) is 13.2 Å². The number of aliphatic hydroxyl groups excluding tert-OH is 1. The van der Waals surface area contributed by atoms with E-state index in [2.05, 4.69) is 10.2 Å². The molecule has 3 amide bonds. The van der Waals surface area contributed by atoms with Crippen LogP contribution in [0.25, 0.3) is 0 Å². The molecule has 0 aliphatic carbocycles. The molecule has 2 fully saturated rings. The molecule has 0 aromatic carbocycles. The van der Waals surface area contributed by atoms with E-state index in [0.29, 0.717) is 13.1 Å². The average Bonchev–Trinajstić information content (AvgIpc) is 2.84. The molecule has 6 heteroatoms. The number of carbonyl (C=O) groups excluding carboxylic acids is 2. The summed E-state index contributed by atoms with van der Waals surface area (Å²) in [6, 6.07) is -0.106. The fourth-order valence-corrected chi connectivity index (χ4v) is 2.31. The first-order chi connectivity index (χ1) is 7.72. The topological polar surface area (TPSA) is 72.9 Å². The van der Waals surface area contributed by atoms with E-state index in [1.165, 1.54) is 4.90 Å². The van der Waals surface area contributed by atoms with Crippen molar-refractivity contribution in [2.24, 2.45) is 0 Å². The van der Waals surface area contributed by atoms with Gasteiger partial charge in [-0.25, -0.2) is 4.79 Å². The lowest BCUT2D eigenvalue weighted by molar-refractivity contribution is -0.125. The van der Waals surface area contributed by atoms with E-state index >= 15 is 0 Å². The molecule has 0 aromatic rings. The Balaban J connectivity index is 1.82. The van der Waals surface area contributed by atoms with Crippen molar-refractivity contribution in [3.8, 4) is 0 Å². The van der Waals surface area contributed by atoms with E-state index in [1.54, 1.807) is 0 Å². The van der Waals surface area contributed by atoms with Crippen LogP contribution in [0.15, 0.2) is 0 Å². The number of hydrogen-bond acceptors (Lipinski definition) is 4. The summed E-state index contributed by atoms with van der Waals surface area (Å²) in [6.45, 7) is 2.28. The number of likely N-dealkylation sites (tertiary alicyclic amines) is 1. The molecular weight excluding hydrogens is 210 g/mol. The van der Waals surface area contributed by atoms with Crippen molar-refractivity contribution in [2.75, 3.05) is 32.8 Å². The normalized spacial score (nSPS) is 26.6. The lowest BCUT2D eigenvalue weighted by Gasteiger charge is -2.24. The van der Waals surface area contributed by atoms with Crippen molar-refractivity contribution < 1.29 is 14.7 Å². The van der Waals surface area contributed by atoms with Crippen molar-refractivity contribution in [3.63, 3.8) is 0 Å². The number of nitrogens with zero attached hydrogens (tertiary/aromatic N) is 2. The summed E-state index contributed by atoms with van der Waals surface area (Å²) >= 11 is 0. The van der Waals surface area contributed by atoms with Crippen LogP contribution in [0.1, 0.15) is 12.8 Å². The number of imide groups is 1. The zero-order chi connectivity index (χ0) is 11.5. The Morgan fingerprint density at radius 3 is 2.81 bits per heavy atom. The highest BCUT2D eigenvalue weighted by Crippen LogP contribution is 2.16. The lowest BCUT2D eigenvalue weighted by Crippen LogP contribution is -2.41. The predicted molar refractivity (Wildman–Crippen MR) is 56.8 cm³/mol. The zero-order valence-electron chi connectivity index (χ0n) is 9.19. The van der Waals surface area contributed by atoms with E-state index in [0.717, 1.165) is 19.4 Å². The standard InChI is InChI=1S/C10H17N3O3/c14-7-8-2-1-3-12(8)4-5-13-9(15)6-11-10(13)16/h8,14H,1-7H2,(H,11,16)/t8-/m1/s1. The highest BCUT2D eigenvalue weighted by atomic mass is 16.3. The molecule has 2 rings (SSSR count). The quantitative estimate of drug-likeness (QED) is 0.604. The van der Waals surface area contributed by atoms with E-state index in [9.17, 15) is 9.59 Å². The Kier molecular flexibility index (Phi) is 3.40. The second-order valence-corrected chi connectivity index (χ2v) is 4.22. The van der Waals surface area contributed by atoms with E-state index in [-0.39, 0.29) is 31.1 Å². The molecule has 0 radical (unpaired) electrons. The van der Waals surface area contributed by atoms with Gasteiger partial charge in [0.1, 0.15) is 0 Å². The van der Waals surface area contributed by atoms with Gasteiger partial charge in [-0.1, -0.05) is 0 Å². The average molecular weight is 227 g/mol. The zero-order valence-corrected chi connectivity index (χ0v) is 9.19. The summed E-state index contributed by atoms with van der Waals surface area (Å²) in [5.74, 6) is -0.162. The smallest absolute Gasteiger partial charge is 0.324 e. The number of nitrogens with one attached hydrogen (secondary N) is 1. The molecule has 0 unspecified atom stereocenters. The van der Waals surface area contributed by atoms with Gasteiger partial charge in [0.25, 0.3) is 0 Å². The number of carbonyl (C=O) groups is 2. The molecule has 0 bridgehead atoms. The first kappa shape index (κ1) is 11.3. The molecule has 2 saturated heterocycles. The first-order valence-corrected chi connectivity index (χ1v) is 5.65. The van der Waals surface area contributed by atoms with Crippen molar-refractivity contribution in [3.05, 3.63) is 0 Å². The molecule has 2 N–H and O–H groups in total. The molecule has 0 aromatic heterocycles. The van der Waals surface area contributed by atoms with Gasteiger partial charge in [0, 0.05) is 19.1 Å². The Hall–Kier alpha value is -1.14. The molecule has 1 atom stereocenters. The third-order valence-electron chi connectivity index (χ3n) is 3.26. The predicted octanol–water partition coefficient (Wildman–Crippen LogP) is -1.01. The Morgan fingerprint density at radius 1 is 1.38 bits per heavy atom. The molecule has 16 heavy (non-hydrogen) atoms. The van der Waals surface area contributed by atoms with Crippen molar-refractivity contribution in [2.45, 2.75) is 18.9 Å². The SMILES string of the molecule is O=C1CNC(=O)N1CCN1CCC[C@@H]1CO. The Labute approximate surface area is 94.2 Å². The fourth-order valence-electron chi connectivity index (χ4n) is 2.31. The highest BCUT2D eigenvalue weighted by Gasteiger charge is 2.30. The van der Waals surface area contributed by atoms with Gasteiger partial charge in [-0.05, 0) is 19.4 Å². The van der Waals surface area contributed by atoms with E-state index in [1.807, 2.05) is 0 Å². The number of hydrogen-bond donors (Lipinski definition) is 2. The van der Waals surface area contributed by atoms with Crippen molar-refractivity contribution >= 4 is 11.9 Å². The number of aliphatic hydroxyl groups is 1. The number of urea groups is 1. The van der Waals surface area contributed by atoms with Gasteiger partial charge in [-0.3, -0.25) is 14.6 Å². The Bertz CT molecular complexity index is 279. The van der Waals surface area contributed by atoms with Crippen molar-refractivity contribution in [1.29, 1.82) is 0 Å². The van der Waals surface area contributed by atoms with Crippen LogP contribution < -0.4 is 5.32 Å². The second kappa shape index (κ2) is 4.80. The number of rotatable bonds is 4. The monoisotopic (exact) mass is 227 g/mol. The van der Waals surface area contributed by atoms with Crippen LogP contribution in [0.3, 0.4) is 0 Å². The van der Waals surface area contributed by atoms with Gasteiger partial charge >= 0.3 is 6.03 Å². The molecule has 2 aliphatic heterocycles. The van der Waals surface area contributed by atoms with Gasteiger partial charge < -0.3 is 10.4 Å². The lowest BCUT2D eigenvalue weighted by atomic mass is 10.2. The van der Waals surface area contributed by atoms with Gasteiger partial charge in [-0.2, -0.15) is 0 Å².